The molecule has 1 fully saturated rings. The molecule has 0 radical (unpaired) electrons. The van der Waals surface area contributed by atoms with E-state index in [0.717, 1.165) is 11.3 Å². The molecule has 0 unspecified atom stereocenters. The summed E-state index contributed by atoms with van der Waals surface area (Å²) in [5.74, 6) is 0.548. The van der Waals surface area contributed by atoms with E-state index in [1.165, 1.54) is 17.6 Å². The van der Waals surface area contributed by atoms with Crippen molar-refractivity contribution in [3.8, 4) is 17.4 Å². The minimum atomic E-state index is 0.331. The zero-order valence-corrected chi connectivity index (χ0v) is 11.3. The molecule has 0 amide bonds. The van der Waals surface area contributed by atoms with E-state index in [2.05, 4.69) is 25.7 Å². The summed E-state index contributed by atoms with van der Waals surface area (Å²) in [5, 5.41) is 15.7. The molecule has 4 rings (SSSR count). The highest BCUT2D eigenvalue weighted by Gasteiger charge is 2.21. The highest BCUT2D eigenvalue weighted by Crippen LogP contribution is 2.19. The first-order valence-electron chi connectivity index (χ1n) is 6.92. The van der Waals surface area contributed by atoms with Gasteiger partial charge < -0.3 is 9.73 Å². The van der Waals surface area contributed by atoms with Crippen LogP contribution in [0, 0.1) is 0 Å². The van der Waals surface area contributed by atoms with Gasteiger partial charge in [-0.15, -0.1) is 10.2 Å². The first-order chi connectivity index (χ1) is 10.4. The smallest absolute Gasteiger partial charge is 0.342 e. The molecule has 106 valence electrons. The van der Waals surface area contributed by atoms with Gasteiger partial charge in [0.15, 0.2) is 0 Å². The zero-order chi connectivity index (χ0) is 14.1. The van der Waals surface area contributed by atoms with Gasteiger partial charge in [0.1, 0.15) is 6.26 Å². The molecule has 1 N–H and O–H groups in total. The number of nitrogens with zero attached hydrogens (tertiary/aromatic N) is 5. The Labute approximate surface area is 121 Å². The van der Waals surface area contributed by atoms with Crippen LogP contribution < -0.4 is 5.32 Å². The Bertz CT molecular complexity index is 731. The fraction of sp³-hybridized carbons (Fsp3) is 0.286. The van der Waals surface area contributed by atoms with Gasteiger partial charge in [-0.05, 0) is 18.1 Å². The van der Waals surface area contributed by atoms with Crippen molar-refractivity contribution in [2.24, 2.45) is 0 Å². The Hall–Kier alpha value is -2.54. The third kappa shape index (κ3) is 2.68. The largest absolute Gasteiger partial charge is 0.429 e. The van der Waals surface area contributed by atoms with Gasteiger partial charge in [0.25, 0.3) is 0 Å². The van der Waals surface area contributed by atoms with Crippen LogP contribution >= 0.6 is 0 Å². The second-order valence-electron chi connectivity index (χ2n) is 5.05. The Morgan fingerprint density at radius 3 is 2.90 bits per heavy atom. The van der Waals surface area contributed by atoms with Crippen molar-refractivity contribution in [1.82, 2.24) is 30.5 Å². The Morgan fingerprint density at radius 2 is 2.10 bits per heavy atom. The van der Waals surface area contributed by atoms with E-state index in [1.807, 2.05) is 30.3 Å². The van der Waals surface area contributed by atoms with Crippen LogP contribution in [-0.4, -0.2) is 31.2 Å². The molecule has 21 heavy (non-hydrogen) atoms. The standard InChI is InChI=1S/C14H14N6O/c1-2-4-10(5-3-1)13-17-19-20(18-13)14-16-12(9-21-14)8-15-11-6-7-11/h1-5,9,11,15H,6-8H2. The zero-order valence-electron chi connectivity index (χ0n) is 11.3. The maximum atomic E-state index is 5.40. The Morgan fingerprint density at radius 1 is 1.24 bits per heavy atom. The molecule has 0 aliphatic heterocycles. The van der Waals surface area contributed by atoms with Gasteiger partial charge in [-0.25, -0.2) is 0 Å². The SMILES string of the molecule is c1ccc(-c2nnn(-c3nc(CNC4CC4)co3)n2)cc1. The molecular formula is C14H14N6O. The molecule has 0 saturated heterocycles. The van der Waals surface area contributed by atoms with Crippen LogP contribution in [0.5, 0.6) is 0 Å². The predicted molar refractivity (Wildman–Crippen MR) is 74.5 cm³/mol. The number of nitrogens with one attached hydrogen (secondary N) is 1. The van der Waals surface area contributed by atoms with Gasteiger partial charge in [0.2, 0.25) is 5.82 Å². The molecule has 1 aromatic carbocycles. The summed E-state index contributed by atoms with van der Waals surface area (Å²) in [6, 6.07) is 10.6. The van der Waals surface area contributed by atoms with E-state index in [1.54, 1.807) is 6.26 Å². The lowest BCUT2D eigenvalue weighted by Crippen LogP contribution is -2.15. The van der Waals surface area contributed by atoms with Crippen molar-refractivity contribution in [1.29, 1.82) is 0 Å². The second-order valence-corrected chi connectivity index (χ2v) is 5.05. The highest BCUT2D eigenvalue weighted by atomic mass is 16.4. The number of tetrazole rings is 1. The second kappa shape index (κ2) is 5.10. The maximum Gasteiger partial charge on any atom is 0.342 e. The monoisotopic (exact) mass is 282 g/mol. The fourth-order valence-electron chi connectivity index (χ4n) is 2.00. The van der Waals surface area contributed by atoms with Crippen molar-refractivity contribution in [2.75, 3.05) is 0 Å². The number of rotatable bonds is 5. The number of hydrogen-bond donors (Lipinski definition) is 1. The van der Waals surface area contributed by atoms with E-state index < -0.39 is 0 Å². The van der Waals surface area contributed by atoms with Crippen molar-refractivity contribution in [2.45, 2.75) is 25.4 Å². The summed E-state index contributed by atoms with van der Waals surface area (Å²) in [4.78, 5) is 5.66. The van der Waals surface area contributed by atoms with Crippen LogP contribution in [0.15, 0.2) is 41.0 Å². The van der Waals surface area contributed by atoms with Crippen LogP contribution in [0.3, 0.4) is 0 Å². The van der Waals surface area contributed by atoms with E-state index in [0.29, 0.717) is 24.4 Å². The average Bonchev–Trinajstić information content (AvgIpc) is 3.03. The van der Waals surface area contributed by atoms with Gasteiger partial charge in [0.05, 0.1) is 5.69 Å². The molecule has 0 spiro atoms. The normalized spacial score (nSPS) is 14.5. The topological polar surface area (TPSA) is 81.7 Å². The molecule has 7 heteroatoms. The molecule has 3 aromatic rings. The number of hydrogen-bond acceptors (Lipinski definition) is 6. The van der Waals surface area contributed by atoms with Crippen molar-refractivity contribution in [3.05, 3.63) is 42.3 Å². The maximum absolute atomic E-state index is 5.40. The van der Waals surface area contributed by atoms with Crippen LogP contribution in [0.4, 0.5) is 0 Å². The summed E-state index contributed by atoms with van der Waals surface area (Å²) in [7, 11) is 0. The molecule has 2 heterocycles. The van der Waals surface area contributed by atoms with Crippen LogP contribution in [0.1, 0.15) is 18.5 Å². The van der Waals surface area contributed by atoms with Crippen LogP contribution in [0.2, 0.25) is 0 Å². The van der Waals surface area contributed by atoms with Gasteiger partial charge in [-0.2, -0.15) is 4.98 Å². The van der Waals surface area contributed by atoms with Crippen LogP contribution in [0.25, 0.3) is 17.4 Å². The van der Waals surface area contributed by atoms with E-state index in [9.17, 15) is 0 Å². The molecule has 1 saturated carbocycles. The minimum absolute atomic E-state index is 0.331. The van der Waals surface area contributed by atoms with Gasteiger partial charge >= 0.3 is 6.01 Å². The van der Waals surface area contributed by atoms with Gasteiger partial charge in [-0.3, -0.25) is 0 Å². The number of aromatic nitrogens is 5. The first-order valence-corrected chi connectivity index (χ1v) is 6.92. The van der Waals surface area contributed by atoms with Crippen LogP contribution in [-0.2, 0) is 6.54 Å². The Kier molecular flexibility index (Phi) is 2.97. The summed E-state index contributed by atoms with van der Waals surface area (Å²) in [5.41, 5.74) is 1.75. The molecule has 0 atom stereocenters. The molecule has 2 aromatic heterocycles. The van der Waals surface area contributed by atoms with Gasteiger partial charge in [0, 0.05) is 18.2 Å². The molecule has 7 nitrogen and oxygen atoms in total. The Balaban J connectivity index is 1.52. The van der Waals surface area contributed by atoms with E-state index >= 15 is 0 Å². The summed E-state index contributed by atoms with van der Waals surface area (Å²) in [6.07, 6.45) is 4.11. The molecule has 1 aliphatic rings. The number of oxazole rings is 1. The summed E-state index contributed by atoms with van der Waals surface area (Å²) >= 11 is 0. The first kappa shape index (κ1) is 12.2. The molecule has 0 bridgehead atoms. The minimum Gasteiger partial charge on any atom is -0.429 e. The van der Waals surface area contributed by atoms with E-state index in [4.69, 9.17) is 4.42 Å². The lowest BCUT2D eigenvalue weighted by Gasteiger charge is -1.95. The van der Waals surface area contributed by atoms with Crippen molar-refractivity contribution >= 4 is 0 Å². The average molecular weight is 282 g/mol. The third-order valence-electron chi connectivity index (χ3n) is 3.31. The van der Waals surface area contributed by atoms with Crippen molar-refractivity contribution in [3.63, 3.8) is 0 Å². The van der Waals surface area contributed by atoms with E-state index in [-0.39, 0.29) is 0 Å². The summed E-state index contributed by atoms with van der Waals surface area (Å²) in [6.45, 7) is 0.703. The number of benzene rings is 1. The lowest BCUT2D eigenvalue weighted by atomic mass is 10.2. The predicted octanol–water partition coefficient (Wildman–Crippen LogP) is 1.57. The molecular weight excluding hydrogens is 268 g/mol. The van der Waals surface area contributed by atoms with Crippen molar-refractivity contribution < 1.29 is 4.42 Å². The lowest BCUT2D eigenvalue weighted by molar-refractivity contribution is 0.481. The van der Waals surface area contributed by atoms with Gasteiger partial charge in [-0.1, -0.05) is 35.1 Å². The quantitative estimate of drug-likeness (QED) is 0.765. The molecule has 1 aliphatic carbocycles. The summed E-state index contributed by atoms with van der Waals surface area (Å²) < 4.78 is 5.40. The highest BCUT2D eigenvalue weighted by molar-refractivity contribution is 5.53. The third-order valence-corrected chi connectivity index (χ3v) is 3.31. The fourth-order valence-corrected chi connectivity index (χ4v) is 2.00.